The van der Waals surface area contributed by atoms with Crippen LogP contribution in [-0.4, -0.2) is 69.5 Å². The van der Waals surface area contributed by atoms with E-state index in [2.05, 4.69) is 19.8 Å². The van der Waals surface area contributed by atoms with Gasteiger partial charge < -0.3 is 14.7 Å². The first-order valence-electron chi connectivity index (χ1n) is 14.9. The van der Waals surface area contributed by atoms with Gasteiger partial charge in [-0.15, -0.1) is 0 Å². The van der Waals surface area contributed by atoms with Crippen LogP contribution in [0.5, 0.6) is 11.8 Å². The molecule has 3 aromatic rings. The van der Waals surface area contributed by atoms with Gasteiger partial charge in [-0.3, -0.25) is 9.88 Å². The zero-order valence-electron chi connectivity index (χ0n) is 23.5. The molecule has 5 heterocycles. The van der Waals surface area contributed by atoms with Crippen LogP contribution in [0.4, 0.5) is 19.0 Å². The average molecular weight is 568 g/mol. The van der Waals surface area contributed by atoms with Crippen molar-refractivity contribution in [1.82, 2.24) is 19.9 Å². The third-order valence-electron chi connectivity index (χ3n) is 9.73. The van der Waals surface area contributed by atoms with Gasteiger partial charge in [0.1, 0.15) is 41.4 Å². The minimum absolute atomic E-state index is 0.0435. The summed E-state index contributed by atoms with van der Waals surface area (Å²) in [6, 6.07) is 2.43. The number of benzene rings is 1. The normalized spacial score (nSPS) is 27.8. The molecule has 0 spiro atoms. The van der Waals surface area contributed by atoms with Crippen molar-refractivity contribution < 1.29 is 23.0 Å². The molecule has 0 radical (unpaired) electrons. The first kappa shape index (κ1) is 26.7. The average Bonchev–Trinajstić information content (AvgIpc) is 3.57. The number of alkyl halides is 1. The SMILES string of the molecule is CC(C)c1c(F)cc(O)cc1-c1ncc2c(N3CC4CCC(C4)C3)nc(OC[C@@]34CCCN3C[C@H](F)C4)nc2c1F. The molecule has 218 valence electrons. The van der Waals surface area contributed by atoms with Crippen molar-refractivity contribution in [2.45, 2.75) is 70.0 Å². The Hall–Kier alpha value is -3.14. The number of aromatic hydroxyl groups is 1. The summed E-state index contributed by atoms with van der Waals surface area (Å²) in [5.41, 5.74) is 0.0317. The molecule has 7 rings (SSSR count). The molecule has 4 atom stereocenters. The highest BCUT2D eigenvalue weighted by molar-refractivity contribution is 5.92. The van der Waals surface area contributed by atoms with Crippen molar-refractivity contribution in [2.75, 3.05) is 37.7 Å². The lowest BCUT2D eigenvalue weighted by molar-refractivity contribution is 0.107. The molecule has 7 nitrogen and oxygen atoms in total. The lowest BCUT2D eigenvalue weighted by Crippen LogP contribution is -2.43. The lowest BCUT2D eigenvalue weighted by Gasteiger charge is -2.34. The summed E-state index contributed by atoms with van der Waals surface area (Å²) in [7, 11) is 0. The second-order valence-electron chi connectivity index (χ2n) is 12.9. The summed E-state index contributed by atoms with van der Waals surface area (Å²) in [6.07, 6.45) is 6.45. The molecule has 10 heteroatoms. The first-order chi connectivity index (χ1) is 19.7. The number of phenolic OH excluding ortho intramolecular Hbond substituents is 1. The Labute approximate surface area is 237 Å². The number of aromatic nitrogens is 3. The van der Waals surface area contributed by atoms with E-state index in [0.29, 0.717) is 36.0 Å². The number of fused-ring (bicyclic) bond motifs is 4. The molecule has 2 unspecified atom stereocenters. The number of piperidine rings is 1. The Morgan fingerprint density at radius 1 is 1.12 bits per heavy atom. The van der Waals surface area contributed by atoms with Crippen molar-refractivity contribution in [3.05, 3.63) is 35.5 Å². The number of hydrogen-bond donors (Lipinski definition) is 1. The highest BCUT2D eigenvalue weighted by Crippen LogP contribution is 2.43. The molecule has 1 N–H and O–H groups in total. The van der Waals surface area contributed by atoms with Crippen molar-refractivity contribution in [3.8, 4) is 23.0 Å². The van der Waals surface area contributed by atoms with Gasteiger partial charge in [0.25, 0.3) is 0 Å². The number of ether oxygens (including phenoxy) is 1. The maximum atomic E-state index is 16.5. The zero-order chi connectivity index (χ0) is 28.5. The molecular weight excluding hydrogens is 531 g/mol. The van der Waals surface area contributed by atoms with Crippen LogP contribution >= 0.6 is 0 Å². The Morgan fingerprint density at radius 2 is 1.90 bits per heavy atom. The minimum Gasteiger partial charge on any atom is -0.508 e. The third-order valence-corrected chi connectivity index (χ3v) is 9.73. The van der Waals surface area contributed by atoms with Gasteiger partial charge in [0.15, 0.2) is 5.82 Å². The second kappa shape index (κ2) is 10.00. The molecule has 2 bridgehead atoms. The van der Waals surface area contributed by atoms with Gasteiger partial charge in [0.2, 0.25) is 0 Å². The fourth-order valence-electron chi connectivity index (χ4n) is 7.93. The Morgan fingerprint density at radius 3 is 2.66 bits per heavy atom. The van der Waals surface area contributed by atoms with E-state index in [9.17, 15) is 13.9 Å². The van der Waals surface area contributed by atoms with E-state index in [4.69, 9.17) is 9.72 Å². The number of pyridine rings is 1. The van der Waals surface area contributed by atoms with Crippen LogP contribution in [0.25, 0.3) is 22.2 Å². The second-order valence-corrected chi connectivity index (χ2v) is 12.9. The van der Waals surface area contributed by atoms with Crippen molar-refractivity contribution in [2.24, 2.45) is 11.8 Å². The molecule has 4 fully saturated rings. The molecule has 3 aliphatic heterocycles. The van der Waals surface area contributed by atoms with Gasteiger partial charge in [0.05, 0.1) is 10.9 Å². The quantitative estimate of drug-likeness (QED) is 0.392. The maximum Gasteiger partial charge on any atom is 0.319 e. The van der Waals surface area contributed by atoms with Crippen LogP contribution in [0.2, 0.25) is 0 Å². The van der Waals surface area contributed by atoms with Crippen molar-refractivity contribution >= 4 is 16.7 Å². The van der Waals surface area contributed by atoms with E-state index in [0.717, 1.165) is 38.5 Å². The molecule has 2 aromatic heterocycles. The topological polar surface area (TPSA) is 74.6 Å². The van der Waals surface area contributed by atoms with Crippen LogP contribution in [-0.2, 0) is 0 Å². The van der Waals surface area contributed by atoms with E-state index in [1.165, 1.54) is 25.3 Å². The molecule has 1 aromatic carbocycles. The molecule has 1 saturated carbocycles. The molecule has 0 amide bonds. The van der Waals surface area contributed by atoms with Gasteiger partial charge in [0, 0.05) is 49.4 Å². The molecular formula is C31H36F3N5O2. The van der Waals surface area contributed by atoms with Crippen LogP contribution in [0.1, 0.15) is 63.9 Å². The summed E-state index contributed by atoms with van der Waals surface area (Å²) in [4.78, 5) is 18.2. The van der Waals surface area contributed by atoms with Crippen LogP contribution in [0.15, 0.2) is 18.3 Å². The summed E-state index contributed by atoms with van der Waals surface area (Å²) in [5.74, 6) is -0.192. The molecule has 4 aliphatic rings. The van der Waals surface area contributed by atoms with E-state index in [1.54, 1.807) is 6.20 Å². The number of hydrogen-bond acceptors (Lipinski definition) is 7. The van der Waals surface area contributed by atoms with Crippen LogP contribution < -0.4 is 9.64 Å². The highest BCUT2D eigenvalue weighted by Gasteiger charge is 2.49. The smallest absolute Gasteiger partial charge is 0.319 e. The number of anilines is 1. The fourth-order valence-corrected chi connectivity index (χ4v) is 7.93. The zero-order valence-corrected chi connectivity index (χ0v) is 23.5. The summed E-state index contributed by atoms with van der Waals surface area (Å²) in [6.45, 7) is 6.75. The molecule has 3 saturated heterocycles. The highest BCUT2D eigenvalue weighted by atomic mass is 19.1. The third kappa shape index (κ3) is 4.58. The first-order valence-corrected chi connectivity index (χ1v) is 14.9. The summed E-state index contributed by atoms with van der Waals surface area (Å²) in [5, 5.41) is 10.6. The number of phenols is 1. The molecule has 41 heavy (non-hydrogen) atoms. The van der Waals surface area contributed by atoms with Crippen molar-refractivity contribution in [3.63, 3.8) is 0 Å². The lowest BCUT2D eigenvalue weighted by atomic mass is 9.93. The number of rotatable bonds is 6. The van der Waals surface area contributed by atoms with Gasteiger partial charge in [-0.2, -0.15) is 9.97 Å². The standard InChI is InChI=1S/C31H36F3N5O2/c1-17(2)25-22(9-21(40)10-24(25)33)27-26(34)28-23(12-35-27)29(38-13-18-4-5-19(8-18)14-38)37-30(36-28)41-16-31-6-3-7-39(31)15-20(32)11-31/h9-10,12,17-20,40H,3-8,11,13-16H2,1-2H3/t18?,19?,20-,31+/m1/s1. The van der Waals surface area contributed by atoms with Crippen molar-refractivity contribution in [1.29, 1.82) is 0 Å². The Bertz CT molecular complexity index is 1490. The van der Waals surface area contributed by atoms with Gasteiger partial charge in [-0.25, -0.2) is 13.2 Å². The van der Waals surface area contributed by atoms with Crippen LogP contribution in [0, 0.1) is 23.5 Å². The fraction of sp³-hybridized carbons (Fsp3) is 0.581. The van der Waals surface area contributed by atoms with E-state index >= 15 is 4.39 Å². The number of halogens is 3. The number of nitrogens with zero attached hydrogens (tertiary/aromatic N) is 5. The molecule has 1 aliphatic carbocycles. The minimum atomic E-state index is -0.889. The van der Waals surface area contributed by atoms with E-state index in [-0.39, 0.29) is 46.6 Å². The van der Waals surface area contributed by atoms with Crippen LogP contribution in [0.3, 0.4) is 0 Å². The summed E-state index contributed by atoms with van der Waals surface area (Å²) >= 11 is 0. The van der Waals surface area contributed by atoms with Gasteiger partial charge in [-0.05, 0) is 62.5 Å². The largest absolute Gasteiger partial charge is 0.508 e. The predicted molar refractivity (Wildman–Crippen MR) is 150 cm³/mol. The van der Waals surface area contributed by atoms with Gasteiger partial charge >= 0.3 is 6.01 Å². The summed E-state index contributed by atoms with van der Waals surface area (Å²) < 4.78 is 52.0. The predicted octanol–water partition coefficient (Wildman–Crippen LogP) is 5.99. The maximum absolute atomic E-state index is 16.5. The monoisotopic (exact) mass is 567 g/mol. The Kier molecular flexibility index (Phi) is 6.52. The van der Waals surface area contributed by atoms with E-state index < -0.39 is 23.3 Å². The Balaban J connectivity index is 1.34. The van der Waals surface area contributed by atoms with E-state index in [1.807, 2.05) is 13.8 Å². The van der Waals surface area contributed by atoms with Gasteiger partial charge in [-0.1, -0.05) is 13.8 Å².